The van der Waals surface area contributed by atoms with Crippen LogP contribution in [0.25, 0.3) is 17.0 Å². The fourth-order valence-corrected chi connectivity index (χ4v) is 2.26. The molecule has 2 aromatic heterocycles. The van der Waals surface area contributed by atoms with Crippen LogP contribution in [-0.2, 0) is 11.2 Å². The molecule has 0 amide bonds. The number of rotatable bonds is 4. The molecule has 0 saturated heterocycles. The maximum Gasteiger partial charge on any atom is 0.320 e. The van der Waals surface area contributed by atoms with Crippen molar-refractivity contribution in [3.05, 3.63) is 54.2 Å². The zero-order valence-corrected chi connectivity index (χ0v) is 11.5. The van der Waals surface area contributed by atoms with Gasteiger partial charge in [0.1, 0.15) is 11.9 Å². The van der Waals surface area contributed by atoms with Gasteiger partial charge >= 0.3 is 5.97 Å². The van der Waals surface area contributed by atoms with Crippen molar-refractivity contribution in [1.29, 1.82) is 0 Å². The van der Waals surface area contributed by atoms with E-state index >= 15 is 0 Å². The van der Waals surface area contributed by atoms with Crippen LogP contribution in [0.1, 0.15) is 5.69 Å². The number of hydrogen-bond donors (Lipinski definition) is 2. The molecule has 0 aliphatic heterocycles. The van der Waals surface area contributed by atoms with E-state index in [0.29, 0.717) is 22.7 Å². The Balaban J connectivity index is 2.16. The molecule has 0 saturated carbocycles. The molecule has 6 nitrogen and oxygen atoms in total. The minimum absolute atomic E-state index is 0.0922. The van der Waals surface area contributed by atoms with Crippen LogP contribution in [0.5, 0.6) is 0 Å². The first-order chi connectivity index (χ1) is 10.6. The van der Waals surface area contributed by atoms with Gasteiger partial charge in [-0.05, 0) is 30.3 Å². The average Bonchev–Trinajstić information content (AvgIpc) is 2.87. The number of imidazole rings is 1. The third-order valence-electron chi connectivity index (χ3n) is 3.35. The quantitative estimate of drug-likeness (QED) is 0.761. The van der Waals surface area contributed by atoms with Gasteiger partial charge in [0.05, 0.1) is 11.4 Å². The number of nitrogens with zero attached hydrogens (tertiary/aromatic N) is 3. The summed E-state index contributed by atoms with van der Waals surface area (Å²) in [6.07, 6.45) is 3.43. The molecule has 1 atom stereocenters. The van der Waals surface area contributed by atoms with E-state index in [1.54, 1.807) is 35.0 Å². The van der Waals surface area contributed by atoms with Gasteiger partial charge in [0.2, 0.25) is 5.78 Å². The highest BCUT2D eigenvalue weighted by molar-refractivity contribution is 5.74. The Labute approximate surface area is 125 Å². The first kappa shape index (κ1) is 14.2. The average molecular weight is 300 g/mol. The topological polar surface area (TPSA) is 93.5 Å². The second kappa shape index (κ2) is 5.53. The fourth-order valence-electron chi connectivity index (χ4n) is 2.26. The lowest BCUT2D eigenvalue weighted by Gasteiger charge is -2.08. The lowest BCUT2D eigenvalue weighted by atomic mass is 10.1. The fraction of sp³-hybridized carbons (Fsp3) is 0.133. The van der Waals surface area contributed by atoms with Crippen molar-refractivity contribution < 1.29 is 14.3 Å². The highest BCUT2D eigenvalue weighted by atomic mass is 19.1. The second-order valence-electron chi connectivity index (χ2n) is 4.85. The van der Waals surface area contributed by atoms with E-state index in [1.807, 2.05) is 0 Å². The van der Waals surface area contributed by atoms with Crippen LogP contribution in [0.2, 0.25) is 0 Å². The first-order valence-electron chi connectivity index (χ1n) is 6.62. The van der Waals surface area contributed by atoms with Crippen molar-refractivity contribution in [1.82, 2.24) is 14.4 Å². The van der Waals surface area contributed by atoms with Crippen molar-refractivity contribution in [2.45, 2.75) is 12.5 Å². The number of aliphatic carboxylic acids is 1. The van der Waals surface area contributed by atoms with Gasteiger partial charge in [-0.2, -0.15) is 0 Å². The summed E-state index contributed by atoms with van der Waals surface area (Å²) in [4.78, 5) is 19.6. The summed E-state index contributed by atoms with van der Waals surface area (Å²) in [6, 6.07) is 6.50. The van der Waals surface area contributed by atoms with E-state index in [2.05, 4.69) is 9.97 Å². The second-order valence-corrected chi connectivity index (χ2v) is 4.85. The maximum atomic E-state index is 13.1. The van der Waals surface area contributed by atoms with Gasteiger partial charge in [0, 0.05) is 24.4 Å². The van der Waals surface area contributed by atoms with Gasteiger partial charge in [-0.3, -0.25) is 9.20 Å². The summed E-state index contributed by atoms with van der Waals surface area (Å²) in [5.41, 5.74) is 7.51. The number of nitrogens with two attached hydrogens (primary N) is 1. The minimum atomic E-state index is -1.09. The largest absolute Gasteiger partial charge is 0.480 e. The van der Waals surface area contributed by atoms with Crippen LogP contribution >= 0.6 is 0 Å². The predicted molar refractivity (Wildman–Crippen MR) is 77.7 cm³/mol. The molecule has 7 heteroatoms. The summed E-state index contributed by atoms with van der Waals surface area (Å²) in [5.74, 6) is -1.01. The zero-order chi connectivity index (χ0) is 15.7. The predicted octanol–water partition coefficient (Wildman–Crippen LogP) is 1.49. The van der Waals surface area contributed by atoms with Gasteiger partial charge in [0.25, 0.3) is 0 Å². The molecular formula is C15H13FN4O2. The molecule has 0 fully saturated rings. The molecule has 0 bridgehead atoms. The van der Waals surface area contributed by atoms with E-state index in [9.17, 15) is 9.18 Å². The molecule has 1 aromatic carbocycles. The lowest BCUT2D eigenvalue weighted by Crippen LogP contribution is -2.32. The van der Waals surface area contributed by atoms with Gasteiger partial charge in [-0.1, -0.05) is 0 Å². The number of benzene rings is 1. The number of carbonyl (C=O) groups is 1. The smallest absolute Gasteiger partial charge is 0.320 e. The number of carboxylic acids is 1. The Bertz CT molecular complexity index is 829. The number of carboxylic acid groups (broad SMARTS) is 1. The number of halogens is 1. The molecule has 2 heterocycles. The van der Waals surface area contributed by atoms with Crippen LogP contribution in [0.3, 0.4) is 0 Å². The number of hydrogen-bond acceptors (Lipinski definition) is 4. The summed E-state index contributed by atoms with van der Waals surface area (Å²) in [6.45, 7) is 0. The minimum Gasteiger partial charge on any atom is -0.480 e. The van der Waals surface area contributed by atoms with Crippen molar-refractivity contribution >= 4 is 11.7 Å². The monoisotopic (exact) mass is 300 g/mol. The zero-order valence-electron chi connectivity index (χ0n) is 11.5. The third-order valence-corrected chi connectivity index (χ3v) is 3.35. The first-order valence-corrected chi connectivity index (χ1v) is 6.62. The molecule has 112 valence electrons. The normalized spacial score (nSPS) is 12.5. The summed E-state index contributed by atoms with van der Waals surface area (Å²) >= 11 is 0. The Morgan fingerprint density at radius 1 is 1.36 bits per heavy atom. The van der Waals surface area contributed by atoms with Crippen molar-refractivity contribution in [3.8, 4) is 11.3 Å². The Kier molecular flexibility index (Phi) is 3.56. The molecule has 3 N–H and O–H groups in total. The Morgan fingerprint density at radius 2 is 2.09 bits per heavy atom. The summed E-state index contributed by atoms with van der Waals surface area (Å²) in [7, 11) is 0. The van der Waals surface area contributed by atoms with Crippen LogP contribution in [0.15, 0.2) is 42.7 Å². The van der Waals surface area contributed by atoms with E-state index in [1.165, 1.54) is 12.1 Å². The van der Waals surface area contributed by atoms with E-state index in [0.717, 1.165) is 0 Å². The SMILES string of the molecule is NC(Cc1c(-c2ccc(F)cc2)nc2ncccn12)C(=O)O. The molecule has 22 heavy (non-hydrogen) atoms. The van der Waals surface area contributed by atoms with Crippen molar-refractivity contribution in [2.75, 3.05) is 0 Å². The van der Waals surface area contributed by atoms with Gasteiger partial charge < -0.3 is 10.8 Å². The molecule has 1 unspecified atom stereocenters. The highest BCUT2D eigenvalue weighted by Crippen LogP contribution is 2.25. The molecule has 0 spiro atoms. The molecule has 3 rings (SSSR count). The van der Waals surface area contributed by atoms with Crippen molar-refractivity contribution in [3.63, 3.8) is 0 Å². The Hall–Kier alpha value is -2.80. The molecule has 0 aliphatic rings. The lowest BCUT2D eigenvalue weighted by molar-refractivity contribution is -0.138. The third kappa shape index (κ3) is 2.53. The molecule has 0 radical (unpaired) electrons. The number of aromatic nitrogens is 3. The maximum absolute atomic E-state index is 13.1. The van der Waals surface area contributed by atoms with E-state index in [4.69, 9.17) is 10.8 Å². The Morgan fingerprint density at radius 3 is 2.77 bits per heavy atom. The number of fused-ring (bicyclic) bond motifs is 1. The summed E-state index contributed by atoms with van der Waals surface area (Å²) < 4.78 is 14.8. The van der Waals surface area contributed by atoms with Gasteiger partial charge in [-0.25, -0.2) is 14.4 Å². The van der Waals surface area contributed by atoms with E-state index in [-0.39, 0.29) is 12.2 Å². The molecule has 3 aromatic rings. The highest BCUT2D eigenvalue weighted by Gasteiger charge is 2.20. The van der Waals surface area contributed by atoms with Gasteiger partial charge in [0.15, 0.2) is 0 Å². The van der Waals surface area contributed by atoms with Crippen LogP contribution in [0.4, 0.5) is 4.39 Å². The van der Waals surface area contributed by atoms with Crippen LogP contribution < -0.4 is 5.73 Å². The van der Waals surface area contributed by atoms with E-state index < -0.39 is 12.0 Å². The molecule has 0 aliphatic carbocycles. The van der Waals surface area contributed by atoms with Crippen molar-refractivity contribution in [2.24, 2.45) is 5.73 Å². The van der Waals surface area contributed by atoms with Gasteiger partial charge in [-0.15, -0.1) is 0 Å². The van der Waals surface area contributed by atoms with Crippen LogP contribution in [-0.4, -0.2) is 31.5 Å². The molecular weight excluding hydrogens is 287 g/mol. The van der Waals surface area contributed by atoms with Crippen LogP contribution in [0, 0.1) is 5.82 Å². The standard InChI is InChI=1S/C15H13FN4O2/c16-10-4-2-9(3-5-10)13-12(8-11(17)14(21)22)20-7-1-6-18-15(20)19-13/h1-7,11H,8,17H2,(H,21,22). The summed E-state index contributed by atoms with van der Waals surface area (Å²) in [5, 5.41) is 9.03.